The first-order chi connectivity index (χ1) is 9.36. The van der Waals surface area contributed by atoms with Gasteiger partial charge in [0.2, 0.25) is 0 Å². The Kier molecular flexibility index (Phi) is 2.90. The van der Waals surface area contributed by atoms with Crippen molar-refractivity contribution in [1.29, 1.82) is 0 Å². The lowest BCUT2D eigenvalue weighted by atomic mass is 10.1. The summed E-state index contributed by atoms with van der Waals surface area (Å²) in [5.74, 6) is 1.35. The molecule has 0 unspecified atom stereocenters. The van der Waals surface area contributed by atoms with Crippen molar-refractivity contribution in [1.82, 2.24) is 15.2 Å². The van der Waals surface area contributed by atoms with E-state index in [1.807, 2.05) is 42.5 Å². The van der Waals surface area contributed by atoms with E-state index in [1.54, 1.807) is 12.1 Å². The Bertz CT molecular complexity index is 687. The van der Waals surface area contributed by atoms with Crippen molar-refractivity contribution in [2.75, 3.05) is 0 Å². The van der Waals surface area contributed by atoms with Gasteiger partial charge in [0.1, 0.15) is 6.29 Å². The molecule has 0 fully saturated rings. The molecule has 4 nitrogen and oxygen atoms in total. The number of H-pyrrole nitrogens is 1. The molecule has 0 bridgehead atoms. The van der Waals surface area contributed by atoms with E-state index in [2.05, 4.69) is 15.2 Å². The Balaban J connectivity index is 1.94. The number of aldehydes is 1. The molecule has 2 aromatic carbocycles. The first-order valence-corrected chi connectivity index (χ1v) is 5.90. The van der Waals surface area contributed by atoms with Gasteiger partial charge in [-0.15, -0.1) is 0 Å². The normalized spacial score (nSPS) is 10.3. The number of hydrogen-bond acceptors (Lipinski definition) is 3. The molecule has 0 spiro atoms. The van der Waals surface area contributed by atoms with Gasteiger partial charge in [0, 0.05) is 16.7 Å². The van der Waals surface area contributed by atoms with Crippen LogP contribution < -0.4 is 0 Å². The van der Waals surface area contributed by atoms with Gasteiger partial charge in [-0.05, 0) is 0 Å². The Morgan fingerprint density at radius 2 is 1.63 bits per heavy atom. The minimum atomic E-state index is 0.645. The van der Waals surface area contributed by atoms with Crippen molar-refractivity contribution >= 4 is 6.29 Å². The third kappa shape index (κ3) is 2.28. The Hall–Kier alpha value is -2.75. The zero-order chi connectivity index (χ0) is 13.1. The molecule has 0 saturated heterocycles. The number of carbonyl (C=O) groups excluding carboxylic acids is 1. The maximum Gasteiger partial charge on any atom is 0.181 e. The fraction of sp³-hybridized carbons (Fsp3) is 0. The third-order valence-electron chi connectivity index (χ3n) is 2.84. The molecular weight excluding hydrogens is 238 g/mol. The fourth-order valence-corrected chi connectivity index (χ4v) is 1.83. The van der Waals surface area contributed by atoms with Crippen molar-refractivity contribution in [3.8, 4) is 22.8 Å². The molecule has 0 aliphatic rings. The molecule has 92 valence electrons. The molecule has 3 rings (SSSR count). The molecular formula is C15H11N3O. The molecule has 0 radical (unpaired) electrons. The maximum atomic E-state index is 10.6. The number of nitrogens with zero attached hydrogens (tertiary/aromatic N) is 2. The van der Waals surface area contributed by atoms with Crippen LogP contribution in [0.3, 0.4) is 0 Å². The van der Waals surface area contributed by atoms with E-state index in [1.165, 1.54) is 0 Å². The minimum Gasteiger partial charge on any atom is -0.298 e. The zero-order valence-electron chi connectivity index (χ0n) is 10.1. The van der Waals surface area contributed by atoms with E-state index in [-0.39, 0.29) is 0 Å². The summed E-state index contributed by atoms with van der Waals surface area (Å²) in [6, 6.07) is 17.0. The molecule has 0 saturated carbocycles. The number of carbonyl (C=O) groups is 1. The number of rotatable bonds is 3. The quantitative estimate of drug-likeness (QED) is 0.726. The monoisotopic (exact) mass is 249 g/mol. The average Bonchev–Trinajstić information content (AvgIpc) is 2.98. The van der Waals surface area contributed by atoms with Gasteiger partial charge in [-0.1, -0.05) is 54.6 Å². The highest BCUT2D eigenvalue weighted by Gasteiger charge is 2.07. The number of nitrogens with one attached hydrogen (secondary N) is 1. The second-order valence-corrected chi connectivity index (χ2v) is 4.11. The summed E-state index contributed by atoms with van der Waals surface area (Å²) in [5.41, 5.74) is 2.52. The Labute approximate surface area is 110 Å². The molecule has 0 aliphatic heterocycles. The number of aromatic amines is 1. The SMILES string of the molecule is O=Cc1ccc(-c2nc(-c3ccccc3)n[nH]2)cc1. The van der Waals surface area contributed by atoms with E-state index in [0.717, 1.165) is 17.4 Å². The van der Waals surface area contributed by atoms with E-state index in [4.69, 9.17) is 0 Å². The second kappa shape index (κ2) is 4.86. The first-order valence-electron chi connectivity index (χ1n) is 5.90. The van der Waals surface area contributed by atoms with Crippen LogP contribution in [0.1, 0.15) is 10.4 Å². The van der Waals surface area contributed by atoms with Gasteiger partial charge in [-0.25, -0.2) is 4.98 Å². The van der Waals surface area contributed by atoms with Crippen molar-refractivity contribution in [3.63, 3.8) is 0 Å². The predicted molar refractivity (Wildman–Crippen MR) is 72.6 cm³/mol. The third-order valence-corrected chi connectivity index (χ3v) is 2.84. The maximum absolute atomic E-state index is 10.6. The van der Waals surface area contributed by atoms with Crippen LogP contribution in [-0.2, 0) is 0 Å². The Morgan fingerprint density at radius 1 is 0.895 bits per heavy atom. The highest BCUT2D eigenvalue weighted by atomic mass is 16.1. The van der Waals surface area contributed by atoms with Crippen LogP contribution in [0.15, 0.2) is 54.6 Å². The zero-order valence-corrected chi connectivity index (χ0v) is 10.1. The van der Waals surface area contributed by atoms with Gasteiger partial charge in [0.15, 0.2) is 11.6 Å². The summed E-state index contributed by atoms with van der Waals surface area (Å²) in [6.07, 6.45) is 0.819. The van der Waals surface area contributed by atoms with Gasteiger partial charge in [-0.3, -0.25) is 9.89 Å². The largest absolute Gasteiger partial charge is 0.298 e. The molecule has 1 heterocycles. The number of benzene rings is 2. The molecule has 0 atom stereocenters. The van der Waals surface area contributed by atoms with Crippen molar-refractivity contribution < 1.29 is 4.79 Å². The van der Waals surface area contributed by atoms with Crippen LogP contribution in [0, 0.1) is 0 Å². The van der Waals surface area contributed by atoms with Crippen LogP contribution in [0.25, 0.3) is 22.8 Å². The number of hydrogen-bond donors (Lipinski definition) is 1. The van der Waals surface area contributed by atoms with Gasteiger partial charge < -0.3 is 0 Å². The molecule has 19 heavy (non-hydrogen) atoms. The summed E-state index contributed by atoms with van der Waals surface area (Å²) in [4.78, 5) is 15.1. The molecule has 4 heteroatoms. The van der Waals surface area contributed by atoms with Crippen molar-refractivity contribution in [3.05, 3.63) is 60.2 Å². The standard InChI is InChI=1S/C15H11N3O/c19-10-11-6-8-13(9-7-11)15-16-14(17-18-15)12-4-2-1-3-5-12/h1-10H,(H,16,17,18). The highest BCUT2D eigenvalue weighted by Crippen LogP contribution is 2.19. The first kappa shape index (κ1) is 11.3. The molecule has 0 aliphatic carbocycles. The lowest BCUT2D eigenvalue weighted by Gasteiger charge is -1.95. The minimum absolute atomic E-state index is 0.645. The van der Waals surface area contributed by atoms with Crippen LogP contribution in [0.5, 0.6) is 0 Å². The molecule has 0 amide bonds. The lowest BCUT2D eigenvalue weighted by molar-refractivity contribution is 0.112. The molecule has 1 N–H and O–H groups in total. The van der Waals surface area contributed by atoms with E-state index >= 15 is 0 Å². The van der Waals surface area contributed by atoms with Crippen LogP contribution in [0.4, 0.5) is 0 Å². The smallest absolute Gasteiger partial charge is 0.181 e. The fourth-order valence-electron chi connectivity index (χ4n) is 1.83. The van der Waals surface area contributed by atoms with E-state index in [0.29, 0.717) is 17.2 Å². The Morgan fingerprint density at radius 3 is 2.32 bits per heavy atom. The van der Waals surface area contributed by atoms with Gasteiger partial charge in [0.25, 0.3) is 0 Å². The summed E-state index contributed by atoms with van der Waals surface area (Å²) < 4.78 is 0. The van der Waals surface area contributed by atoms with Crippen LogP contribution >= 0.6 is 0 Å². The van der Waals surface area contributed by atoms with Crippen LogP contribution in [-0.4, -0.2) is 21.5 Å². The van der Waals surface area contributed by atoms with E-state index < -0.39 is 0 Å². The molecule has 3 aromatic rings. The lowest BCUT2D eigenvalue weighted by Crippen LogP contribution is -1.83. The van der Waals surface area contributed by atoms with Crippen molar-refractivity contribution in [2.45, 2.75) is 0 Å². The highest BCUT2D eigenvalue weighted by molar-refractivity contribution is 5.76. The van der Waals surface area contributed by atoms with Crippen LogP contribution in [0.2, 0.25) is 0 Å². The average molecular weight is 249 g/mol. The second-order valence-electron chi connectivity index (χ2n) is 4.11. The summed E-state index contributed by atoms with van der Waals surface area (Å²) in [7, 11) is 0. The van der Waals surface area contributed by atoms with Gasteiger partial charge in [-0.2, -0.15) is 5.10 Å². The summed E-state index contributed by atoms with van der Waals surface area (Å²) in [5, 5.41) is 7.11. The number of aromatic nitrogens is 3. The van der Waals surface area contributed by atoms with E-state index in [9.17, 15) is 4.79 Å². The summed E-state index contributed by atoms with van der Waals surface area (Å²) in [6.45, 7) is 0. The predicted octanol–water partition coefficient (Wildman–Crippen LogP) is 2.95. The van der Waals surface area contributed by atoms with Gasteiger partial charge in [0.05, 0.1) is 0 Å². The topological polar surface area (TPSA) is 58.6 Å². The summed E-state index contributed by atoms with van der Waals surface area (Å²) >= 11 is 0. The van der Waals surface area contributed by atoms with Crippen molar-refractivity contribution in [2.24, 2.45) is 0 Å². The molecule has 1 aromatic heterocycles. The van der Waals surface area contributed by atoms with Gasteiger partial charge >= 0.3 is 0 Å².